The average Bonchev–Trinajstić information content (AvgIpc) is 3.58. The highest BCUT2D eigenvalue weighted by Crippen LogP contribution is 2.33. The quantitative estimate of drug-likeness (QED) is 0.469. The molecule has 3 aromatic carbocycles. The Kier molecular flexibility index (Phi) is 4.76. The van der Waals surface area contributed by atoms with Crippen LogP contribution < -0.4 is 0 Å². The Morgan fingerprint density at radius 2 is 1.71 bits per heavy atom. The molecular weight excluding hydrogens is 428 g/mol. The van der Waals surface area contributed by atoms with E-state index in [0.717, 1.165) is 35.3 Å². The van der Waals surface area contributed by atoms with Crippen LogP contribution in [0.25, 0.3) is 11.0 Å². The number of H-pyrrole nitrogens is 1. The number of carbonyl (C=O) groups is 3. The number of nitrogens with one attached hydrogen (secondary N) is 1. The molecule has 7 nitrogen and oxygen atoms in total. The summed E-state index contributed by atoms with van der Waals surface area (Å²) in [6.07, 6.45) is 1.69. The Labute approximate surface area is 196 Å². The number of likely N-dealkylation sites (tertiary alicyclic amines) is 1. The molecule has 1 atom stereocenters. The lowest BCUT2D eigenvalue weighted by molar-refractivity contribution is 0.0641. The Hall–Kier alpha value is -4.26. The second kappa shape index (κ2) is 7.95. The van der Waals surface area contributed by atoms with Crippen LogP contribution in [0.1, 0.15) is 61.3 Å². The first-order valence-electron chi connectivity index (χ1n) is 11.4. The molecule has 1 saturated heterocycles. The van der Waals surface area contributed by atoms with Crippen LogP contribution in [0.4, 0.5) is 0 Å². The number of benzene rings is 3. The minimum atomic E-state index is -0.367. The highest BCUT2D eigenvalue weighted by Gasteiger charge is 2.38. The molecule has 0 spiro atoms. The largest absolute Gasteiger partial charge is 0.340 e. The van der Waals surface area contributed by atoms with Crippen molar-refractivity contribution in [2.24, 2.45) is 0 Å². The Balaban J connectivity index is 1.27. The van der Waals surface area contributed by atoms with Crippen molar-refractivity contribution in [1.29, 1.82) is 0 Å². The highest BCUT2D eigenvalue weighted by atomic mass is 16.2. The second-order valence-electron chi connectivity index (χ2n) is 8.74. The van der Waals surface area contributed by atoms with Gasteiger partial charge < -0.3 is 9.88 Å². The van der Waals surface area contributed by atoms with Crippen LogP contribution in [0.5, 0.6) is 0 Å². The summed E-state index contributed by atoms with van der Waals surface area (Å²) < 4.78 is 0. The van der Waals surface area contributed by atoms with Gasteiger partial charge in [-0.25, -0.2) is 4.98 Å². The lowest BCUT2D eigenvalue weighted by Gasteiger charge is -2.23. The molecule has 0 bridgehead atoms. The lowest BCUT2D eigenvalue weighted by atomic mass is 10.0. The van der Waals surface area contributed by atoms with Crippen molar-refractivity contribution in [2.75, 3.05) is 6.54 Å². The van der Waals surface area contributed by atoms with E-state index in [1.165, 1.54) is 4.90 Å². The normalized spacial score (nSPS) is 17.6. The van der Waals surface area contributed by atoms with E-state index in [9.17, 15) is 14.4 Å². The number of hydrogen-bond acceptors (Lipinski definition) is 4. The van der Waals surface area contributed by atoms with Crippen LogP contribution in [-0.2, 0) is 6.54 Å². The smallest absolute Gasteiger partial charge is 0.261 e. The van der Waals surface area contributed by atoms with E-state index in [0.29, 0.717) is 17.7 Å². The molecule has 34 heavy (non-hydrogen) atoms. The number of hydrogen-bond donors (Lipinski definition) is 1. The van der Waals surface area contributed by atoms with Crippen molar-refractivity contribution < 1.29 is 14.4 Å². The van der Waals surface area contributed by atoms with Gasteiger partial charge in [0.2, 0.25) is 0 Å². The lowest BCUT2D eigenvalue weighted by Crippen LogP contribution is -2.31. The number of aromatic amines is 1. The van der Waals surface area contributed by atoms with Crippen LogP contribution in [0.15, 0.2) is 72.8 Å². The fourth-order valence-corrected chi connectivity index (χ4v) is 4.92. The summed E-state index contributed by atoms with van der Waals surface area (Å²) in [6.45, 7) is 0.821. The second-order valence-corrected chi connectivity index (χ2v) is 8.74. The van der Waals surface area contributed by atoms with Crippen LogP contribution >= 0.6 is 0 Å². The van der Waals surface area contributed by atoms with E-state index in [1.807, 2.05) is 59.5 Å². The van der Waals surface area contributed by atoms with Crippen molar-refractivity contribution >= 4 is 28.8 Å². The number of nitrogens with zero attached hydrogens (tertiary/aromatic N) is 3. The number of carbonyl (C=O) groups excluding carboxylic acids is 3. The molecule has 2 aliphatic rings. The first-order chi connectivity index (χ1) is 16.6. The van der Waals surface area contributed by atoms with Gasteiger partial charge in [-0.2, -0.15) is 0 Å². The fraction of sp³-hybridized carbons (Fsp3) is 0.185. The molecule has 2 aliphatic heterocycles. The molecular formula is C27H22N4O3. The third-order valence-corrected chi connectivity index (χ3v) is 6.64. The summed E-state index contributed by atoms with van der Waals surface area (Å²) in [5.74, 6) is -0.0843. The number of imidazole rings is 1. The Bertz CT molecular complexity index is 1410. The summed E-state index contributed by atoms with van der Waals surface area (Å²) in [5.41, 5.74) is 3.72. The highest BCUT2D eigenvalue weighted by molar-refractivity contribution is 6.22. The topological polar surface area (TPSA) is 86.4 Å². The minimum absolute atomic E-state index is 0.153. The molecule has 0 saturated carbocycles. The zero-order valence-electron chi connectivity index (χ0n) is 18.4. The van der Waals surface area contributed by atoms with Crippen LogP contribution in [0.2, 0.25) is 0 Å². The maximum atomic E-state index is 13.5. The molecule has 7 heteroatoms. The predicted molar refractivity (Wildman–Crippen MR) is 126 cm³/mol. The van der Waals surface area contributed by atoms with Crippen molar-refractivity contribution in [3.05, 3.63) is 101 Å². The maximum absolute atomic E-state index is 13.5. The molecule has 0 aliphatic carbocycles. The molecule has 3 heterocycles. The van der Waals surface area contributed by atoms with E-state index in [-0.39, 0.29) is 35.9 Å². The van der Waals surface area contributed by atoms with E-state index >= 15 is 0 Å². The number of rotatable bonds is 4. The van der Waals surface area contributed by atoms with Gasteiger partial charge in [-0.15, -0.1) is 0 Å². The number of imide groups is 1. The van der Waals surface area contributed by atoms with Gasteiger partial charge in [0.1, 0.15) is 5.82 Å². The SMILES string of the molecule is O=C1c2ccc(C(=O)N3CCCC3c3nc4ccccc4[nH]3)cc2C(=O)N1Cc1ccccc1. The summed E-state index contributed by atoms with van der Waals surface area (Å²) in [6, 6.07) is 21.9. The van der Waals surface area contributed by atoms with Crippen LogP contribution in [0, 0.1) is 0 Å². The molecule has 3 amide bonds. The maximum Gasteiger partial charge on any atom is 0.261 e. The minimum Gasteiger partial charge on any atom is -0.340 e. The zero-order valence-corrected chi connectivity index (χ0v) is 18.4. The van der Waals surface area contributed by atoms with Crippen molar-refractivity contribution in [2.45, 2.75) is 25.4 Å². The Morgan fingerprint density at radius 3 is 2.53 bits per heavy atom. The number of para-hydroxylation sites is 2. The first-order valence-corrected chi connectivity index (χ1v) is 11.4. The van der Waals surface area contributed by atoms with Gasteiger partial charge in [-0.05, 0) is 48.7 Å². The van der Waals surface area contributed by atoms with Crippen LogP contribution in [0.3, 0.4) is 0 Å². The van der Waals surface area contributed by atoms with Gasteiger partial charge in [-0.1, -0.05) is 42.5 Å². The number of fused-ring (bicyclic) bond motifs is 2. The van der Waals surface area contributed by atoms with Crippen molar-refractivity contribution in [3.8, 4) is 0 Å². The molecule has 1 aromatic heterocycles. The van der Waals surface area contributed by atoms with Gasteiger partial charge in [0.15, 0.2) is 0 Å². The van der Waals surface area contributed by atoms with Crippen molar-refractivity contribution in [1.82, 2.24) is 19.8 Å². The molecule has 6 rings (SSSR count). The summed E-state index contributed by atoms with van der Waals surface area (Å²) in [4.78, 5) is 50.5. The van der Waals surface area contributed by atoms with Crippen molar-refractivity contribution in [3.63, 3.8) is 0 Å². The standard InChI is InChI=1S/C27H22N4O3/c32-25(30-14-6-11-23(30)24-28-21-9-4-5-10-22(21)29-24)18-12-13-19-20(15-18)27(34)31(26(19)33)16-17-7-2-1-3-8-17/h1-5,7-10,12-13,15,23H,6,11,14,16H2,(H,28,29). The first kappa shape index (κ1) is 20.4. The van der Waals surface area contributed by atoms with Gasteiger partial charge in [0.05, 0.1) is 34.7 Å². The van der Waals surface area contributed by atoms with E-state index in [1.54, 1.807) is 18.2 Å². The van der Waals surface area contributed by atoms with E-state index in [2.05, 4.69) is 4.98 Å². The van der Waals surface area contributed by atoms with Gasteiger partial charge in [0, 0.05) is 12.1 Å². The fourth-order valence-electron chi connectivity index (χ4n) is 4.92. The Morgan fingerprint density at radius 1 is 0.941 bits per heavy atom. The summed E-state index contributed by atoms with van der Waals surface area (Å²) in [7, 11) is 0. The number of amides is 3. The van der Waals surface area contributed by atoms with Gasteiger partial charge in [0.25, 0.3) is 17.7 Å². The van der Waals surface area contributed by atoms with E-state index < -0.39 is 0 Å². The number of aromatic nitrogens is 2. The van der Waals surface area contributed by atoms with Crippen LogP contribution in [-0.4, -0.2) is 44.0 Å². The molecule has 1 fully saturated rings. The summed E-state index contributed by atoms with van der Waals surface area (Å²) in [5, 5.41) is 0. The van der Waals surface area contributed by atoms with Gasteiger partial charge in [-0.3, -0.25) is 19.3 Å². The average molecular weight is 450 g/mol. The third kappa shape index (κ3) is 3.28. The third-order valence-electron chi connectivity index (χ3n) is 6.64. The zero-order chi connectivity index (χ0) is 23.2. The van der Waals surface area contributed by atoms with E-state index in [4.69, 9.17) is 4.98 Å². The van der Waals surface area contributed by atoms with Gasteiger partial charge >= 0.3 is 0 Å². The molecule has 4 aromatic rings. The molecule has 168 valence electrons. The molecule has 1 unspecified atom stereocenters. The predicted octanol–water partition coefficient (Wildman–Crippen LogP) is 4.34. The monoisotopic (exact) mass is 450 g/mol. The summed E-state index contributed by atoms with van der Waals surface area (Å²) >= 11 is 0. The molecule has 1 N–H and O–H groups in total. The molecule has 0 radical (unpaired) electrons.